The molecule has 2 N–H and O–H groups in total. The molecule has 0 saturated heterocycles. The van der Waals surface area contributed by atoms with Crippen LogP contribution in [0.1, 0.15) is 29.1 Å². The zero-order valence-electron chi connectivity index (χ0n) is 10.2. The van der Waals surface area contributed by atoms with Gasteiger partial charge in [-0.2, -0.15) is 0 Å². The highest BCUT2D eigenvalue weighted by molar-refractivity contribution is 7.11. The lowest BCUT2D eigenvalue weighted by Gasteiger charge is -2.14. The van der Waals surface area contributed by atoms with Crippen molar-refractivity contribution >= 4 is 23.2 Å². The van der Waals surface area contributed by atoms with E-state index >= 15 is 0 Å². The first-order chi connectivity index (χ1) is 8.58. The van der Waals surface area contributed by atoms with Gasteiger partial charge in [0.1, 0.15) is 0 Å². The van der Waals surface area contributed by atoms with Crippen molar-refractivity contribution in [3.05, 3.63) is 16.1 Å². The summed E-state index contributed by atoms with van der Waals surface area (Å²) in [6.07, 6.45) is 3.83. The summed E-state index contributed by atoms with van der Waals surface area (Å²) in [6.45, 7) is 2.35. The van der Waals surface area contributed by atoms with Crippen molar-refractivity contribution in [3.63, 3.8) is 0 Å². The van der Waals surface area contributed by atoms with Gasteiger partial charge < -0.3 is 10.4 Å². The maximum atomic E-state index is 12.0. The summed E-state index contributed by atoms with van der Waals surface area (Å²) in [5, 5.41) is 12.8. The highest BCUT2D eigenvalue weighted by Crippen LogP contribution is 2.32. The number of aromatic nitrogens is 1. The minimum absolute atomic E-state index is 0.147. The summed E-state index contributed by atoms with van der Waals surface area (Å²) < 4.78 is 0. The Bertz CT molecular complexity index is 458. The van der Waals surface area contributed by atoms with Gasteiger partial charge in [-0.3, -0.25) is 9.59 Å². The van der Waals surface area contributed by atoms with E-state index in [0.717, 1.165) is 16.3 Å². The molecule has 1 heterocycles. The number of carboxylic acids is 1. The average molecular weight is 268 g/mol. The summed E-state index contributed by atoms with van der Waals surface area (Å²) in [6, 6.07) is 0. The predicted molar refractivity (Wildman–Crippen MR) is 67.2 cm³/mol. The van der Waals surface area contributed by atoms with E-state index in [1.165, 1.54) is 11.3 Å². The van der Waals surface area contributed by atoms with Crippen LogP contribution in [-0.2, 0) is 16.1 Å². The first-order valence-electron chi connectivity index (χ1n) is 5.99. The van der Waals surface area contributed by atoms with Crippen LogP contribution in [0.5, 0.6) is 0 Å². The molecule has 1 fully saturated rings. The van der Waals surface area contributed by atoms with Crippen LogP contribution < -0.4 is 5.32 Å². The third-order valence-electron chi connectivity index (χ3n) is 3.28. The molecule has 1 saturated carbocycles. The fourth-order valence-corrected chi connectivity index (χ4v) is 3.10. The van der Waals surface area contributed by atoms with E-state index in [4.69, 9.17) is 5.11 Å². The van der Waals surface area contributed by atoms with E-state index in [0.29, 0.717) is 19.4 Å². The topological polar surface area (TPSA) is 79.3 Å². The highest BCUT2D eigenvalue weighted by atomic mass is 32.1. The van der Waals surface area contributed by atoms with Gasteiger partial charge in [0, 0.05) is 11.1 Å². The standard InChI is InChI=1S/C12H16N2O3S/c1-7-13-5-8(18-7)6-14-11(15)9-3-2-4-10(9)12(16)17/h5,9-10H,2-4,6H2,1H3,(H,14,15)(H,16,17). The van der Waals surface area contributed by atoms with Crippen LogP contribution in [0.15, 0.2) is 6.20 Å². The normalized spacial score (nSPS) is 22.9. The molecule has 98 valence electrons. The van der Waals surface area contributed by atoms with E-state index < -0.39 is 11.9 Å². The summed E-state index contributed by atoms with van der Waals surface area (Å²) in [5.41, 5.74) is 0. The lowest BCUT2D eigenvalue weighted by atomic mass is 9.95. The van der Waals surface area contributed by atoms with Crippen molar-refractivity contribution in [1.82, 2.24) is 10.3 Å². The number of aryl methyl sites for hydroxylation is 1. The molecule has 0 spiro atoms. The molecular formula is C12H16N2O3S. The zero-order chi connectivity index (χ0) is 13.1. The van der Waals surface area contributed by atoms with Gasteiger partial charge in [0.05, 0.1) is 23.4 Å². The Labute approximate surface area is 109 Å². The first-order valence-corrected chi connectivity index (χ1v) is 6.81. The highest BCUT2D eigenvalue weighted by Gasteiger charge is 2.37. The average Bonchev–Trinajstić information content (AvgIpc) is 2.94. The van der Waals surface area contributed by atoms with Crippen LogP contribution in [0.3, 0.4) is 0 Å². The third-order valence-corrected chi connectivity index (χ3v) is 4.19. The van der Waals surface area contributed by atoms with Crippen molar-refractivity contribution < 1.29 is 14.7 Å². The molecule has 5 nitrogen and oxygen atoms in total. The number of amides is 1. The lowest BCUT2D eigenvalue weighted by molar-refractivity contribution is -0.146. The van der Waals surface area contributed by atoms with E-state index in [2.05, 4.69) is 10.3 Å². The van der Waals surface area contributed by atoms with Gasteiger partial charge in [-0.15, -0.1) is 11.3 Å². The van der Waals surface area contributed by atoms with Gasteiger partial charge in [0.2, 0.25) is 5.91 Å². The Kier molecular flexibility index (Phi) is 3.96. The Morgan fingerprint density at radius 2 is 2.22 bits per heavy atom. The predicted octanol–water partition coefficient (Wildman–Crippen LogP) is 1.57. The van der Waals surface area contributed by atoms with E-state index in [1.807, 2.05) is 6.92 Å². The summed E-state index contributed by atoms with van der Waals surface area (Å²) in [5.74, 6) is -1.91. The molecule has 2 unspecified atom stereocenters. The van der Waals surface area contributed by atoms with E-state index in [1.54, 1.807) is 6.20 Å². The van der Waals surface area contributed by atoms with Crippen LogP contribution in [0.2, 0.25) is 0 Å². The zero-order valence-corrected chi connectivity index (χ0v) is 11.0. The SMILES string of the molecule is Cc1ncc(CNC(=O)C2CCCC2C(=O)O)s1. The Balaban J connectivity index is 1.89. The molecule has 0 aromatic carbocycles. The maximum Gasteiger partial charge on any atom is 0.307 e. The van der Waals surface area contributed by atoms with Gasteiger partial charge in [-0.05, 0) is 19.8 Å². The number of nitrogens with one attached hydrogen (secondary N) is 1. The monoisotopic (exact) mass is 268 g/mol. The quantitative estimate of drug-likeness (QED) is 0.868. The fraction of sp³-hybridized carbons (Fsp3) is 0.583. The number of aliphatic carboxylic acids is 1. The molecular weight excluding hydrogens is 252 g/mol. The molecule has 1 amide bonds. The minimum Gasteiger partial charge on any atom is -0.481 e. The van der Waals surface area contributed by atoms with Gasteiger partial charge in [-0.1, -0.05) is 6.42 Å². The maximum absolute atomic E-state index is 12.0. The van der Waals surface area contributed by atoms with Crippen LogP contribution in [0.4, 0.5) is 0 Å². The summed E-state index contributed by atoms with van der Waals surface area (Å²) >= 11 is 1.54. The summed E-state index contributed by atoms with van der Waals surface area (Å²) in [7, 11) is 0. The van der Waals surface area contributed by atoms with Crippen LogP contribution in [0, 0.1) is 18.8 Å². The first kappa shape index (κ1) is 13.0. The number of hydrogen-bond acceptors (Lipinski definition) is 4. The van der Waals surface area contributed by atoms with Crippen molar-refractivity contribution in [2.75, 3.05) is 0 Å². The van der Waals surface area contributed by atoms with Crippen LogP contribution in [-0.4, -0.2) is 22.0 Å². The van der Waals surface area contributed by atoms with E-state index in [-0.39, 0.29) is 11.8 Å². The molecule has 1 aliphatic carbocycles. The number of carboxylic acid groups (broad SMARTS) is 1. The Morgan fingerprint density at radius 1 is 1.50 bits per heavy atom. The van der Waals surface area contributed by atoms with Crippen molar-refractivity contribution in [2.24, 2.45) is 11.8 Å². The molecule has 0 aliphatic heterocycles. The van der Waals surface area contributed by atoms with Crippen LogP contribution in [0.25, 0.3) is 0 Å². The number of nitrogens with zero attached hydrogens (tertiary/aromatic N) is 1. The fourth-order valence-electron chi connectivity index (χ4n) is 2.36. The minimum atomic E-state index is -0.860. The van der Waals surface area contributed by atoms with E-state index in [9.17, 15) is 9.59 Å². The number of carbonyl (C=O) groups is 2. The number of thiazole rings is 1. The molecule has 1 aromatic rings. The number of rotatable bonds is 4. The Hall–Kier alpha value is -1.43. The molecule has 6 heteroatoms. The molecule has 1 aliphatic rings. The van der Waals surface area contributed by atoms with Crippen molar-refractivity contribution in [1.29, 1.82) is 0 Å². The van der Waals surface area contributed by atoms with Gasteiger partial charge >= 0.3 is 5.97 Å². The smallest absolute Gasteiger partial charge is 0.307 e. The molecule has 18 heavy (non-hydrogen) atoms. The number of hydrogen-bond donors (Lipinski definition) is 2. The van der Waals surface area contributed by atoms with Gasteiger partial charge in [0.15, 0.2) is 0 Å². The Morgan fingerprint density at radius 3 is 2.83 bits per heavy atom. The molecule has 0 radical (unpaired) electrons. The molecule has 2 rings (SSSR count). The third kappa shape index (κ3) is 2.87. The second-order valence-electron chi connectivity index (χ2n) is 4.55. The van der Waals surface area contributed by atoms with Crippen molar-refractivity contribution in [2.45, 2.75) is 32.7 Å². The second kappa shape index (κ2) is 5.48. The molecule has 1 aromatic heterocycles. The largest absolute Gasteiger partial charge is 0.481 e. The molecule has 0 bridgehead atoms. The van der Waals surface area contributed by atoms with Gasteiger partial charge in [-0.25, -0.2) is 4.98 Å². The second-order valence-corrected chi connectivity index (χ2v) is 5.86. The van der Waals surface area contributed by atoms with Gasteiger partial charge in [0.25, 0.3) is 0 Å². The number of carbonyl (C=O) groups excluding carboxylic acids is 1. The van der Waals surface area contributed by atoms with Crippen molar-refractivity contribution in [3.8, 4) is 0 Å². The molecule has 2 atom stereocenters. The lowest BCUT2D eigenvalue weighted by Crippen LogP contribution is -2.34. The van der Waals surface area contributed by atoms with Crippen LogP contribution >= 0.6 is 11.3 Å². The summed E-state index contributed by atoms with van der Waals surface area (Å²) in [4.78, 5) is 28.1.